The van der Waals surface area contributed by atoms with E-state index in [1.807, 2.05) is 100 Å². The van der Waals surface area contributed by atoms with E-state index in [-0.39, 0.29) is 43.0 Å². The van der Waals surface area contributed by atoms with E-state index in [0.717, 1.165) is 54.0 Å². The van der Waals surface area contributed by atoms with Gasteiger partial charge in [0.2, 0.25) is 17.7 Å². The summed E-state index contributed by atoms with van der Waals surface area (Å²) < 4.78 is 7.92. The number of aliphatic hydroxyl groups is 1. The minimum Gasteiger partial charge on any atom is -0.481 e. The lowest BCUT2D eigenvalue weighted by Gasteiger charge is -2.35. The topological polar surface area (TPSA) is 237 Å². The zero-order valence-electron chi connectivity index (χ0n) is 43.5. The molecule has 3 aliphatic heterocycles. The van der Waals surface area contributed by atoms with Gasteiger partial charge in [-0.2, -0.15) is 0 Å². The number of likely N-dealkylation sites (tertiary alicyclic amines) is 1. The number of aliphatic hydroxyl groups excluding tert-OH is 1. The van der Waals surface area contributed by atoms with Gasteiger partial charge in [-0.3, -0.25) is 33.5 Å². The van der Waals surface area contributed by atoms with E-state index in [2.05, 4.69) is 49.9 Å². The van der Waals surface area contributed by atoms with Gasteiger partial charge in [0.25, 0.3) is 5.91 Å². The number of carboxylic acids is 1. The fourth-order valence-corrected chi connectivity index (χ4v) is 12.4. The number of hydrogen-bond donors (Lipinski definition) is 5. The number of amides is 4. The van der Waals surface area contributed by atoms with Crippen LogP contribution in [0.2, 0.25) is 0 Å². The van der Waals surface area contributed by atoms with Crippen LogP contribution in [-0.2, 0) is 19.2 Å². The Labute approximate surface area is 447 Å². The zero-order valence-corrected chi connectivity index (χ0v) is 45.1. The summed E-state index contributed by atoms with van der Waals surface area (Å²) in [4.78, 5) is 83.1. The van der Waals surface area contributed by atoms with Crippen molar-refractivity contribution in [3.05, 3.63) is 129 Å². The number of benzene rings is 3. The standard InChI is InChI=1S/C56H60N10O8S2/c1-28-31(4)76-55-46(28)47(60-41(24-45(68)69)50-63-62-32(5)66(50)55)34-13-16-39(17-14-34)64-20-19-36(25-64)51(70)59-38-15-18-43-37(21-38)22-44(74-43)53(72)61-49(56(6,7)8)54(73)65-26-40(67)23-42(65)52(71)58-29(2)33-9-11-35(12-10-33)48-30(3)57-27-75-48/h9-18,21-22,27,29,36,40-42,49,67H,19-20,23-26H2,1-8H3,(H,58,71)(H,59,70)(H,61,72)(H,68,69)/t29?,36-,40-,41+,42+,49?/m1/s1. The first kappa shape index (κ1) is 51.9. The number of β-amino-alcohol motifs (C(OH)–C–C–N with tert-alkyl or cyclic N) is 1. The van der Waals surface area contributed by atoms with Gasteiger partial charge in [0.15, 0.2) is 11.6 Å². The molecule has 4 amide bonds. The fourth-order valence-electron chi connectivity index (χ4n) is 10.4. The lowest BCUT2D eigenvalue weighted by molar-refractivity contribution is -0.142. The largest absolute Gasteiger partial charge is 0.481 e. The molecule has 4 aromatic heterocycles. The lowest BCUT2D eigenvalue weighted by atomic mass is 9.85. The molecule has 2 unspecified atom stereocenters. The third-order valence-electron chi connectivity index (χ3n) is 14.7. The van der Waals surface area contributed by atoms with Crippen LogP contribution in [0.3, 0.4) is 0 Å². The number of nitrogens with one attached hydrogen (secondary N) is 3. The van der Waals surface area contributed by atoms with Gasteiger partial charge in [-0.1, -0.05) is 57.2 Å². The zero-order chi connectivity index (χ0) is 53.9. The average Bonchev–Trinajstić information content (AvgIpc) is 4.28. The minimum atomic E-state index is -1.08. The molecule has 6 atom stereocenters. The van der Waals surface area contributed by atoms with Crippen molar-refractivity contribution in [1.29, 1.82) is 0 Å². The molecule has 76 heavy (non-hydrogen) atoms. The van der Waals surface area contributed by atoms with Crippen molar-refractivity contribution in [1.82, 2.24) is 35.3 Å². The summed E-state index contributed by atoms with van der Waals surface area (Å²) in [6, 6.07) is 19.4. The molecule has 3 aliphatic rings. The van der Waals surface area contributed by atoms with Crippen molar-refractivity contribution in [2.24, 2.45) is 16.3 Å². The number of aromatic nitrogens is 4. The van der Waals surface area contributed by atoms with E-state index in [1.54, 1.807) is 46.9 Å². The number of carbonyl (C=O) groups is 5. The maximum absolute atomic E-state index is 14.4. The Morgan fingerprint density at radius 3 is 2.33 bits per heavy atom. The van der Waals surface area contributed by atoms with E-state index < -0.39 is 53.3 Å². The van der Waals surface area contributed by atoms with E-state index in [0.29, 0.717) is 53.5 Å². The summed E-state index contributed by atoms with van der Waals surface area (Å²) in [5, 5.41) is 39.7. The van der Waals surface area contributed by atoms with Crippen molar-refractivity contribution in [2.75, 3.05) is 29.9 Å². The highest BCUT2D eigenvalue weighted by Gasteiger charge is 2.45. The number of furan rings is 1. The maximum atomic E-state index is 14.4. The number of aryl methyl sites for hydroxylation is 3. The van der Waals surface area contributed by atoms with Crippen LogP contribution in [0.4, 0.5) is 11.4 Å². The second kappa shape index (κ2) is 20.5. The summed E-state index contributed by atoms with van der Waals surface area (Å²) in [7, 11) is 0. The molecule has 2 saturated heterocycles. The smallest absolute Gasteiger partial charge is 0.306 e. The molecule has 10 rings (SSSR count). The van der Waals surface area contributed by atoms with Crippen LogP contribution >= 0.6 is 22.7 Å². The van der Waals surface area contributed by atoms with Gasteiger partial charge in [-0.05, 0) is 99.5 Å². The predicted octanol–water partition coefficient (Wildman–Crippen LogP) is 8.25. The number of nitrogens with zero attached hydrogens (tertiary/aromatic N) is 7. The van der Waals surface area contributed by atoms with Crippen molar-refractivity contribution in [3.63, 3.8) is 0 Å². The second-order valence-corrected chi connectivity index (χ2v) is 23.2. The molecule has 0 saturated carbocycles. The molecule has 2 fully saturated rings. The van der Waals surface area contributed by atoms with Crippen molar-refractivity contribution in [2.45, 2.75) is 105 Å². The summed E-state index contributed by atoms with van der Waals surface area (Å²) in [6.07, 6.45) is -0.482. The van der Waals surface area contributed by atoms with Crippen LogP contribution in [0, 0.1) is 39.0 Å². The van der Waals surface area contributed by atoms with Crippen LogP contribution in [0.25, 0.3) is 26.4 Å². The molecule has 394 valence electrons. The summed E-state index contributed by atoms with van der Waals surface area (Å²) in [5.41, 5.74) is 9.28. The number of aliphatic imine (C=N–C) groups is 1. The highest BCUT2D eigenvalue weighted by atomic mass is 32.1. The fraction of sp³-hybridized carbons (Fsp3) is 0.375. The second-order valence-electron chi connectivity index (χ2n) is 21.1. The third kappa shape index (κ3) is 10.2. The van der Waals surface area contributed by atoms with E-state index in [1.165, 1.54) is 4.90 Å². The quantitative estimate of drug-likeness (QED) is 0.0734. The predicted molar refractivity (Wildman–Crippen MR) is 291 cm³/mol. The van der Waals surface area contributed by atoms with Gasteiger partial charge >= 0.3 is 5.97 Å². The molecule has 0 radical (unpaired) electrons. The lowest BCUT2D eigenvalue weighted by Crippen LogP contribution is -2.57. The molecule has 7 aromatic rings. The number of carbonyl (C=O) groups excluding carboxylic acids is 4. The van der Waals surface area contributed by atoms with E-state index >= 15 is 0 Å². The Bertz CT molecular complexity index is 3440. The molecular weight excluding hydrogens is 1000 g/mol. The first-order valence-corrected chi connectivity index (χ1v) is 27.0. The van der Waals surface area contributed by atoms with Gasteiger partial charge in [-0.25, -0.2) is 4.98 Å². The molecule has 3 aromatic carbocycles. The first-order valence-electron chi connectivity index (χ1n) is 25.3. The highest BCUT2D eigenvalue weighted by Crippen LogP contribution is 2.40. The SMILES string of the molecule is Cc1ncsc1-c1ccc(C(C)NC(=O)[C@@H]2C[C@@H](O)CN2C(=O)C(NC(=O)c2cc3cc(NC(=O)[C@@H]4CCN(c5ccc(C6=N[C@@H](CC(=O)O)c7nnc(C)n7-c7sc(C)c(C)c76)cc5)C4)ccc3o2)C(C)(C)C)cc1. The van der Waals surface area contributed by atoms with Gasteiger partial charge < -0.3 is 40.4 Å². The Hall–Kier alpha value is -7.55. The van der Waals surface area contributed by atoms with Gasteiger partial charge in [0.05, 0.1) is 46.3 Å². The van der Waals surface area contributed by atoms with Crippen LogP contribution in [-0.4, -0.2) is 108 Å². The molecule has 18 nitrogen and oxygen atoms in total. The number of carboxylic acid groups (broad SMARTS) is 1. The number of anilines is 2. The Morgan fingerprint density at radius 1 is 0.895 bits per heavy atom. The molecular formula is C56H60N10O8S2. The molecule has 0 bridgehead atoms. The summed E-state index contributed by atoms with van der Waals surface area (Å²) in [5.74, 6) is -1.85. The van der Waals surface area contributed by atoms with Crippen LogP contribution < -0.4 is 20.9 Å². The summed E-state index contributed by atoms with van der Waals surface area (Å²) in [6.45, 7) is 16.3. The van der Waals surface area contributed by atoms with Gasteiger partial charge in [0.1, 0.15) is 34.5 Å². The number of aliphatic carboxylic acids is 1. The van der Waals surface area contributed by atoms with Crippen LogP contribution in [0.1, 0.15) is 114 Å². The van der Waals surface area contributed by atoms with E-state index in [9.17, 15) is 34.2 Å². The Kier molecular flexibility index (Phi) is 14.0. The normalized spacial score (nSPS) is 19.1. The molecule has 0 aliphatic carbocycles. The van der Waals surface area contributed by atoms with Crippen molar-refractivity contribution >= 4 is 80.3 Å². The Balaban J connectivity index is 0.773. The van der Waals surface area contributed by atoms with Crippen molar-refractivity contribution < 1.29 is 38.6 Å². The highest BCUT2D eigenvalue weighted by molar-refractivity contribution is 7.15. The maximum Gasteiger partial charge on any atom is 0.306 e. The Morgan fingerprint density at radius 2 is 1.63 bits per heavy atom. The van der Waals surface area contributed by atoms with Gasteiger partial charge in [0, 0.05) is 58.8 Å². The molecule has 5 N–H and O–H groups in total. The molecule has 0 spiro atoms. The average molecular weight is 1070 g/mol. The third-order valence-corrected chi connectivity index (χ3v) is 16.9. The van der Waals surface area contributed by atoms with Crippen LogP contribution in [0.5, 0.6) is 0 Å². The molecule has 20 heteroatoms. The monoisotopic (exact) mass is 1060 g/mol. The van der Waals surface area contributed by atoms with Crippen LogP contribution in [0.15, 0.2) is 87.7 Å². The number of fused-ring (bicyclic) bond motifs is 4. The van der Waals surface area contributed by atoms with Crippen molar-refractivity contribution in [3.8, 4) is 15.4 Å². The molecule has 7 heterocycles. The minimum absolute atomic E-state index is 0.0365. The number of rotatable bonds is 13. The summed E-state index contributed by atoms with van der Waals surface area (Å²) >= 11 is 3.17. The number of thiophene rings is 1. The first-order chi connectivity index (χ1) is 36.2. The number of hydrogen-bond acceptors (Lipinski definition) is 14. The van der Waals surface area contributed by atoms with Gasteiger partial charge in [-0.15, -0.1) is 32.9 Å². The van der Waals surface area contributed by atoms with E-state index in [4.69, 9.17) is 9.41 Å². The number of thiazole rings is 1.